The molecule has 3 rings (SSSR count). The van der Waals surface area contributed by atoms with E-state index in [0.29, 0.717) is 11.1 Å². The minimum Gasteiger partial charge on any atom is -0.322 e. The zero-order valence-electron chi connectivity index (χ0n) is 15.0. The Morgan fingerprint density at radius 2 is 1.59 bits per heavy atom. The minimum absolute atomic E-state index is 0.127. The van der Waals surface area contributed by atoms with Crippen LogP contribution in [0.2, 0.25) is 5.02 Å². The van der Waals surface area contributed by atoms with Crippen LogP contribution >= 0.6 is 11.6 Å². The van der Waals surface area contributed by atoms with Crippen molar-refractivity contribution in [2.24, 2.45) is 0 Å². The summed E-state index contributed by atoms with van der Waals surface area (Å²) >= 11 is 5.78. The van der Waals surface area contributed by atoms with E-state index in [9.17, 15) is 26.4 Å². The Balaban J connectivity index is 1.56. The SMILES string of the molecule is O=C(CN1CCN(S(=O)(=O)c2ccc(Cl)cc2)CC1)Nc1ccc(F)c(F)c1F. The second-order valence-corrected chi connectivity index (χ2v) is 8.78. The molecule has 0 bridgehead atoms. The summed E-state index contributed by atoms with van der Waals surface area (Å²) < 4.78 is 66.4. The van der Waals surface area contributed by atoms with Gasteiger partial charge in [-0.15, -0.1) is 0 Å². The summed E-state index contributed by atoms with van der Waals surface area (Å²) in [4.78, 5) is 13.9. The highest BCUT2D eigenvalue weighted by molar-refractivity contribution is 7.89. The highest BCUT2D eigenvalue weighted by Gasteiger charge is 2.29. The third-order valence-electron chi connectivity index (χ3n) is 4.46. The van der Waals surface area contributed by atoms with Crippen LogP contribution in [0.5, 0.6) is 0 Å². The Hall–Kier alpha value is -2.14. The molecule has 1 saturated heterocycles. The number of halogens is 4. The molecule has 1 N–H and O–H groups in total. The highest BCUT2D eigenvalue weighted by Crippen LogP contribution is 2.21. The van der Waals surface area contributed by atoms with Crippen molar-refractivity contribution < 1.29 is 26.4 Å². The van der Waals surface area contributed by atoms with Crippen LogP contribution in [-0.2, 0) is 14.8 Å². The number of benzene rings is 2. The molecule has 0 spiro atoms. The van der Waals surface area contributed by atoms with Gasteiger partial charge < -0.3 is 5.32 Å². The molecule has 1 aliphatic heterocycles. The first kappa shape index (κ1) is 21.6. The van der Waals surface area contributed by atoms with E-state index in [-0.39, 0.29) is 37.6 Å². The van der Waals surface area contributed by atoms with Crippen LogP contribution in [0.1, 0.15) is 0 Å². The lowest BCUT2D eigenvalue weighted by atomic mass is 10.2. The summed E-state index contributed by atoms with van der Waals surface area (Å²) in [6.45, 7) is 0.740. The standard InChI is InChI=1S/C18H17ClF3N3O3S/c19-12-1-3-13(4-2-12)29(27,28)25-9-7-24(8-10-25)11-16(26)23-15-6-5-14(20)17(21)18(15)22/h1-6H,7-11H2,(H,23,26). The lowest BCUT2D eigenvalue weighted by Gasteiger charge is -2.33. The van der Waals surface area contributed by atoms with Gasteiger partial charge in [-0.3, -0.25) is 9.69 Å². The number of amides is 1. The summed E-state index contributed by atoms with van der Waals surface area (Å²) in [6, 6.07) is 7.48. The van der Waals surface area contributed by atoms with Crippen molar-refractivity contribution in [3.63, 3.8) is 0 Å². The number of piperazine rings is 1. The van der Waals surface area contributed by atoms with Gasteiger partial charge in [-0.05, 0) is 36.4 Å². The van der Waals surface area contributed by atoms with E-state index < -0.39 is 39.1 Å². The van der Waals surface area contributed by atoms with Gasteiger partial charge in [-0.1, -0.05) is 11.6 Å². The predicted octanol–water partition coefficient (Wildman–Crippen LogP) is 2.70. The monoisotopic (exact) mass is 447 g/mol. The summed E-state index contributed by atoms with van der Waals surface area (Å²) in [5.74, 6) is -5.11. The molecule has 0 saturated carbocycles. The number of rotatable bonds is 5. The van der Waals surface area contributed by atoms with E-state index in [0.717, 1.165) is 6.07 Å². The van der Waals surface area contributed by atoms with Crippen LogP contribution in [0, 0.1) is 17.5 Å². The summed E-state index contributed by atoms with van der Waals surface area (Å²) in [5, 5.41) is 2.62. The van der Waals surface area contributed by atoms with Gasteiger partial charge in [0.1, 0.15) is 0 Å². The lowest BCUT2D eigenvalue weighted by Crippen LogP contribution is -2.50. The molecule has 0 atom stereocenters. The van der Waals surface area contributed by atoms with E-state index >= 15 is 0 Å². The topological polar surface area (TPSA) is 69.7 Å². The van der Waals surface area contributed by atoms with Crippen LogP contribution in [0.3, 0.4) is 0 Å². The average molecular weight is 448 g/mol. The Morgan fingerprint density at radius 3 is 2.21 bits per heavy atom. The zero-order chi connectivity index (χ0) is 21.2. The molecule has 2 aromatic carbocycles. The second kappa shape index (κ2) is 8.70. The maximum atomic E-state index is 13.6. The zero-order valence-corrected chi connectivity index (χ0v) is 16.6. The number of carbonyl (C=O) groups excluding carboxylic acids is 1. The van der Waals surface area contributed by atoms with E-state index in [1.165, 1.54) is 28.6 Å². The molecule has 0 radical (unpaired) electrons. The number of sulfonamides is 1. The van der Waals surface area contributed by atoms with Gasteiger partial charge >= 0.3 is 0 Å². The fourth-order valence-corrected chi connectivity index (χ4v) is 4.45. The van der Waals surface area contributed by atoms with E-state index in [4.69, 9.17) is 11.6 Å². The van der Waals surface area contributed by atoms with Gasteiger partial charge in [-0.2, -0.15) is 4.31 Å². The molecule has 156 valence electrons. The van der Waals surface area contributed by atoms with Gasteiger partial charge in [0.2, 0.25) is 15.9 Å². The first-order valence-corrected chi connectivity index (χ1v) is 10.4. The molecule has 1 heterocycles. The van der Waals surface area contributed by atoms with Crippen LogP contribution in [0.15, 0.2) is 41.3 Å². The van der Waals surface area contributed by atoms with Gasteiger partial charge in [0.25, 0.3) is 0 Å². The molecule has 1 fully saturated rings. The van der Waals surface area contributed by atoms with Gasteiger partial charge in [0.15, 0.2) is 17.5 Å². The molecular weight excluding hydrogens is 431 g/mol. The van der Waals surface area contributed by atoms with Crippen molar-refractivity contribution in [2.75, 3.05) is 38.0 Å². The first-order valence-electron chi connectivity index (χ1n) is 8.60. The summed E-state index contributed by atoms with van der Waals surface area (Å²) in [5.41, 5.74) is -0.460. The normalized spacial score (nSPS) is 16.0. The number of nitrogens with zero attached hydrogens (tertiary/aromatic N) is 2. The van der Waals surface area contributed by atoms with Gasteiger partial charge in [0, 0.05) is 31.2 Å². The lowest BCUT2D eigenvalue weighted by molar-refractivity contribution is -0.117. The molecular formula is C18H17ClF3N3O3S. The van der Waals surface area contributed by atoms with Crippen LogP contribution in [0.4, 0.5) is 18.9 Å². The van der Waals surface area contributed by atoms with E-state index in [1.807, 2.05) is 0 Å². The maximum absolute atomic E-state index is 13.6. The Labute approximate surface area is 170 Å². The second-order valence-electron chi connectivity index (χ2n) is 6.41. The van der Waals surface area contributed by atoms with E-state index in [1.54, 1.807) is 4.90 Å². The quantitative estimate of drug-likeness (QED) is 0.715. The highest BCUT2D eigenvalue weighted by atomic mass is 35.5. The van der Waals surface area contributed by atoms with Crippen molar-refractivity contribution in [3.05, 3.63) is 58.9 Å². The van der Waals surface area contributed by atoms with Crippen molar-refractivity contribution >= 4 is 33.2 Å². The Bertz CT molecular complexity index is 1010. The predicted molar refractivity (Wildman–Crippen MR) is 102 cm³/mol. The largest absolute Gasteiger partial charge is 0.322 e. The Kier molecular flexibility index (Phi) is 6.47. The summed E-state index contributed by atoms with van der Waals surface area (Å²) in [6.07, 6.45) is 0. The Morgan fingerprint density at radius 1 is 0.966 bits per heavy atom. The molecule has 2 aromatic rings. The molecule has 29 heavy (non-hydrogen) atoms. The fraction of sp³-hybridized carbons (Fsp3) is 0.278. The van der Waals surface area contributed by atoms with Gasteiger partial charge in [-0.25, -0.2) is 21.6 Å². The van der Waals surface area contributed by atoms with Crippen LogP contribution in [0.25, 0.3) is 0 Å². The first-order chi connectivity index (χ1) is 13.7. The summed E-state index contributed by atoms with van der Waals surface area (Å²) in [7, 11) is -3.67. The minimum atomic E-state index is -3.67. The van der Waals surface area contributed by atoms with Crippen molar-refractivity contribution in [1.29, 1.82) is 0 Å². The molecule has 0 aromatic heterocycles. The van der Waals surface area contributed by atoms with Crippen molar-refractivity contribution in [3.8, 4) is 0 Å². The fourth-order valence-electron chi connectivity index (χ4n) is 2.90. The van der Waals surface area contributed by atoms with Crippen molar-refractivity contribution in [2.45, 2.75) is 4.90 Å². The number of nitrogens with one attached hydrogen (secondary N) is 1. The third-order valence-corrected chi connectivity index (χ3v) is 6.62. The molecule has 0 aliphatic carbocycles. The molecule has 1 aliphatic rings. The van der Waals surface area contributed by atoms with Crippen molar-refractivity contribution in [1.82, 2.24) is 9.21 Å². The molecule has 1 amide bonds. The van der Waals surface area contributed by atoms with Crippen LogP contribution in [-0.4, -0.2) is 56.3 Å². The molecule has 0 unspecified atom stereocenters. The average Bonchev–Trinajstić information content (AvgIpc) is 2.69. The van der Waals surface area contributed by atoms with Gasteiger partial charge in [0.05, 0.1) is 17.1 Å². The van der Waals surface area contributed by atoms with Crippen LogP contribution < -0.4 is 5.32 Å². The molecule has 6 nitrogen and oxygen atoms in total. The maximum Gasteiger partial charge on any atom is 0.243 e. The number of anilines is 1. The molecule has 11 heteroatoms. The van der Waals surface area contributed by atoms with E-state index in [2.05, 4.69) is 5.32 Å². The third kappa shape index (κ3) is 4.89. The smallest absolute Gasteiger partial charge is 0.243 e. The number of hydrogen-bond donors (Lipinski definition) is 1. The number of carbonyl (C=O) groups is 1. The number of hydrogen-bond acceptors (Lipinski definition) is 4.